The van der Waals surface area contributed by atoms with Crippen molar-refractivity contribution in [2.24, 2.45) is 11.3 Å². The number of carbonyl (C=O) groups is 1. The van der Waals surface area contributed by atoms with Gasteiger partial charge in [0.05, 0.1) is 12.0 Å². The van der Waals surface area contributed by atoms with E-state index in [2.05, 4.69) is 15.5 Å². The fourth-order valence-corrected chi connectivity index (χ4v) is 3.66. The van der Waals surface area contributed by atoms with Crippen LogP contribution in [0.25, 0.3) is 0 Å². The van der Waals surface area contributed by atoms with Crippen molar-refractivity contribution in [2.45, 2.75) is 70.8 Å². The van der Waals surface area contributed by atoms with E-state index in [9.17, 15) is 9.90 Å². The van der Waals surface area contributed by atoms with Crippen molar-refractivity contribution in [3.8, 4) is 0 Å². The van der Waals surface area contributed by atoms with Gasteiger partial charge in [-0.1, -0.05) is 38.5 Å². The lowest BCUT2D eigenvalue weighted by molar-refractivity contribution is -0.156. The zero-order valence-electron chi connectivity index (χ0n) is 12.5. The normalized spacial score (nSPS) is 21.9. The van der Waals surface area contributed by atoms with Crippen LogP contribution in [0.2, 0.25) is 0 Å². The Morgan fingerprint density at radius 1 is 1.24 bits per heavy atom. The molecule has 0 bridgehead atoms. The molecule has 2 saturated carbocycles. The lowest BCUT2D eigenvalue weighted by Crippen LogP contribution is -2.42. The fourth-order valence-electron chi connectivity index (χ4n) is 3.66. The molecule has 2 fully saturated rings. The first-order valence-electron chi connectivity index (χ1n) is 8.18. The number of carboxylic acid groups (broad SMARTS) is 1. The molecule has 0 aromatic carbocycles. The molecule has 0 saturated heterocycles. The summed E-state index contributed by atoms with van der Waals surface area (Å²) in [5.74, 6) is 0.941. The number of nitrogens with zero attached hydrogens (tertiary/aromatic N) is 4. The molecule has 0 radical (unpaired) electrons. The monoisotopic (exact) mass is 292 g/mol. The molecule has 0 unspecified atom stereocenters. The molecular weight excluding hydrogens is 268 g/mol. The standard InChI is InChI=1S/C15H24N4O2/c20-14(21)15(9-4-10-15)11-19-13(16-17-18-19)8-7-12-5-2-1-3-6-12/h12H,1-11H2,(H,20,21). The van der Waals surface area contributed by atoms with E-state index in [0.717, 1.165) is 43.8 Å². The minimum absolute atomic E-state index is 0.426. The summed E-state index contributed by atoms with van der Waals surface area (Å²) < 4.78 is 1.73. The highest BCUT2D eigenvalue weighted by atomic mass is 16.4. The molecule has 0 amide bonds. The third-order valence-corrected chi connectivity index (χ3v) is 5.32. The van der Waals surface area contributed by atoms with Gasteiger partial charge in [-0.15, -0.1) is 5.10 Å². The highest BCUT2D eigenvalue weighted by Gasteiger charge is 2.45. The second-order valence-electron chi connectivity index (χ2n) is 6.73. The van der Waals surface area contributed by atoms with Crippen LogP contribution in [0.1, 0.15) is 63.6 Å². The Morgan fingerprint density at radius 3 is 2.62 bits per heavy atom. The molecule has 1 aromatic rings. The minimum Gasteiger partial charge on any atom is -0.481 e. The third kappa shape index (κ3) is 3.09. The number of carboxylic acids is 1. The molecule has 0 spiro atoms. The number of hydrogen-bond acceptors (Lipinski definition) is 4. The van der Waals surface area contributed by atoms with E-state index in [-0.39, 0.29) is 0 Å². The van der Waals surface area contributed by atoms with Gasteiger partial charge >= 0.3 is 5.97 Å². The first kappa shape index (κ1) is 14.5. The van der Waals surface area contributed by atoms with Gasteiger partial charge in [-0.25, -0.2) is 4.68 Å². The van der Waals surface area contributed by atoms with Crippen molar-refractivity contribution in [3.63, 3.8) is 0 Å². The van der Waals surface area contributed by atoms with Crippen molar-refractivity contribution in [3.05, 3.63) is 5.82 Å². The first-order valence-corrected chi connectivity index (χ1v) is 8.18. The van der Waals surface area contributed by atoms with Crippen LogP contribution < -0.4 is 0 Å². The lowest BCUT2D eigenvalue weighted by Gasteiger charge is -2.37. The summed E-state index contributed by atoms with van der Waals surface area (Å²) in [6.07, 6.45) is 11.2. The van der Waals surface area contributed by atoms with Gasteiger partial charge in [0.2, 0.25) is 0 Å². The van der Waals surface area contributed by atoms with E-state index in [4.69, 9.17) is 0 Å². The average molecular weight is 292 g/mol. The largest absolute Gasteiger partial charge is 0.481 e. The molecular formula is C15H24N4O2. The van der Waals surface area contributed by atoms with Gasteiger partial charge in [0, 0.05) is 6.42 Å². The Hall–Kier alpha value is -1.46. The average Bonchev–Trinajstić information content (AvgIpc) is 2.88. The molecule has 1 heterocycles. The molecule has 6 nitrogen and oxygen atoms in total. The number of aliphatic carboxylic acids is 1. The zero-order valence-corrected chi connectivity index (χ0v) is 12.5. The van der Waals surface area contributed by atoms with Gasteiger partial charge in [-0.05, 0) is 35.6 Å². The van der Waals surface area contributed by atoms with E-state index in [1.54, 1.807) is 4.68 Å². The van der Waals surface area contributed by atoms with Crippen LogP contribution in [-0.2, 0) is 17.8 Å². The van der Waals surface area contributed by atoms with Crippen LogP contribution in [-0.4, -0.2) is 31.3 Å². The predicted molar refractivity (Wildman–Crippen MR) is 76.6 cm³/mol. The summed E-state index contributed by atoms with van der Waals surface area (Å²) in [4.78, 5) is 11.5. The molecule has 0 aliphatic heterocycles. The molecule has 2 aliphatic carbocycles. The summed E-state index contributed by atoms with van der Waals surface area (Å²) in [5, 5.41) is 21.3. The van der Waals surface area contributed by atoms with Crippen LogP contribution in [0.5, 0.6) is 0 Å². The van der Waals surface area contributed by atoms with Gasteiger partial charge in [0.15, 0.2) is 5.82 Å². The summed E-state index contributed by atoms with van der Waals surface area (Å²) in [6, 6.07) is 0. The van der Waals surface area contributed by atoms with Gasteiger partial charge in [-0.2, -0.15) is 0 Å². The molecule has 116 valence electrons. The molecule has 3 rings (SSSR count). The highest BCUT2D eigenvalue weighted by molar-refractivity contribution is 5.75. The summed E-state index contributed by atoms with van der Waals surface area (Å²) >= 11 is 0. The Balaban J connectivity index is 1.59. The van der Waals surface area contributed by atoms with Gasteiger partial charge in [-0.3, -0.25) is 4.79 Å². The van der Waals surface area contributed by atoms with Crippen LogP contribution in [0.3, 0.4) is 0 Å². The summed E-state index contributed by atoms with van der Waals surface area (Å²) in [6.45, 7) is 0.426. The second kappa shape index (κ2) is 6.12. The number of aromatic nitrogens is 4. The van der Waals surface area contributed by atoms with Crippen LogP contribution in [0.4, 0.5) is 0 Å². The van der Waals surface area contributed by atoms with Crippen molar-refractivity contribution in [2.75, 3.05) is 0 Å². The molecule has 0 atom stereocenters. The Morgan fingerprint density at radius 2 is 2.00 bits per heavy atom. The maximum atomic E-state index is 11.5. The van der Waals surface area contributed by atoms with Gasteiger partial charge < -0.3 is 5.11 Å². The molecule has 1 N–H and O–H groups in total. The van der Waals surface area contributed by atoms with Crippen molar-refractivity contribution < 1.29 is 9.90 Å². The van der Waals surface area contributed by atoms with E-state index in [0.29, 0.717) is 6.54 Å². The van der Waals surface area contributed by atoms with Crippen molar-refractivity contribution >= 4 is 5.97 Å². The quantitative estimate of drug-likeness (QED) is 0.871. The predicted octanol–water partition coefficient (Wildman–Crippen LogP) is 2.44. The maximum absolute atomic E-state index is 11.5. The number of tetrazole rings is 1. The molecule has 1 aromatic heterocycles. The highest BCUT2D eigenvalue weighted by Crippen LogP contribution is 2.42. The van der Waals surface area contributed by atoms with Gasteiger partial charge in [0.25, 0.3) is 0 Å². The van der Waals surface area contributed by atoms with E-state index >= 15 is 0 Å². The molecule has 2 aliphatic rings. The molecule has 21 heavy (non-hydrogen) atoms. The minimum atomic E-state index is -0.706. The topological polar surface area (TPSA) is 80.9 Å². The summed E-state index contributed by atoms with van der Waals surface area (Å²) in [5.41, 5.74) is -0.630. The maximum Gasteiger partial charge on any atom is 0.311 e. The SMILES string of the molecule is O=C(O)C1(Cn2nnnc2CCC2CCCCC2)CCC1. The lowest BCUT2D eigenvalue weighted by atomic mass is 9.69. The van der Waals surface area contributed by atoms with Crippen molar-refractivity contribution in [1.82, 2.24) is 20.2 Å². The fraction of sp³-hybridized carbons (Fsp3) is 0.867. The Labute approximate surface area is 124 Å². The number of aryl methyl sites for hydroxylation is 1. The smallest absolute Gasteiger partial charge is 0.311 e. The van der Waals surface area contributed by atoms with Crippen LogP contribution in [0, 0.1) is 11.3 Å². The van der Waals surface area contributed by atoms with Crippen LogP contribution in [0.15, 0.2) is 0 Å². The third-order valence-electron chi connectivity index (χ3n) is 5.32. The van der Waals surface area contributed by atoms with Crippen LogP contribution >= 0.6 is 0 Å². The molecule has 6 heteroatoms. The van der Waals surface area contributed by atoms with E-state index in [1.807, 2.05) is 0 Å². The zero-order chi connectivity index (χ0) is 14.7. The summed E-state index contributed by atoms with van der Waals surface area (Å²) in [7, 11) is 0. The van der Waals surface area contributed by atoms with Gasteiger partial charge in [0.1, 0.15) is 0 Å². The first-order chi connectivity index (χ1) is 10.2. The Kier molecular flexibility index (Phi) is 4.22. The number of hydrogen-bond donors (Lipinski definition) is 1. The van der Waals surface area contributed by atoms with E-state index < -0.39 is 11.4 Å². The Bertz CT molecular complexity index is 490. The van der Waals surface area contributed by atoms with E-state index in [1.165, 1.54) is 32.1 Å². The number of rotatable bonds is 6. The van der Waals surface area contributed by atoms with Crippen molar-refractivity contribution in [1.29, 1.82) is 0 Å². The second-order valence-corrected chi connectivity index (χ2v) is 6.73.